The third-order valence-electron chi connectivity index (χ3n) is 6.20. The van der Waals surface area contributed by atoms with E-state index in [-0.39, 0.29) is 17.1 Å². The SMILES string of the molecule is CC(=O)O[C@@H](C(=O)N1CCN(Cc2cc(=O)c(OCc3cc(C)cc(C)c3)co2)CC1)c1ccccc1. The van der Waals surface area contributed by atoms with E-state index in [2.05, 4.69) is 11.0 Å². The Bertz CT molecular complexity index is 1270. The maximum atomic E-state index is 13.1. The van der Waals surface area contributed by atoms with Gasteiger partial charge in [-0.15, -0.1) is 0 Å². The molecule has 0 spiro atoms. The van der Waals surface area contributed by atoms with Gasteiger partial charge in [0.25, 0.3) is 5.91 Å². The molecule has 0 aliphatic carbocycles. The molecular weight excluding hydrogens is 472 g/mol. The summed E-state index contributed by atoms with van der Waals surface area (Å²) in [5.74, 6) is -0.0310. The number of amides is 1. The highest BCUT2D eigenvalue weighted by Crippen LogP contribution is 2.22. The number of hydrogen-bond donors (Lipinski definition) is 0. The molecule has 2 aromatic carbocycles. The van der Waals surface area contributed by atoms with Gasteiger partial charge in [-0.05, 0) is 19.4 Å². The quantitative estimate of drug-likeness (QED) is 0.431. The largest absolute Gasteiger partial charge is 0.482 e. The van der Waals surface area contributed by atoms with Gasteiger partial charge >= 0.3 is 5.97 Å². The fourth-order valence-electron chi connectivity index (χ4n) is 4.51. The molecule has 1 amide bonds. The molecule has 0 saturated carbocycles. The van der Waals surface area contributed by atoms with Crippen LogP contribution in [0.1, 0.15) is 41.0 Å². The minimum absolute atomic E-state index is 0.177. The molecule has 8 nitrogen and oxygen atoms in total. The average Bonchev–Trinajstić information content (AvgIpc) is 2.87. The molecule has 0 bridgehead atoms. The number of esters is 1. The molecule has 1 aliphatic heterocycles. The molecule has 0 radical (unpaired) electrons. The zero-order valence-electron chi connectivity index (χ0n) is 21.4. The Hall–Kier alpha value is -3.91. The summed E-state index contributed by atoms with van der Waals surface area (Å²) in [7, 11) is 0. The van der Waals surface area contributed by atoms with Crippen LogP contribution in [0, 0.1) is 13.8 Å². The number of carbonyl (C=O) groups is 2. The van der Waals surface area contributed by atoms with Crippen LogP contribution in [0.15, 0.2) is 70.1 Å². The number of nitrogens with zero attached hydrogens (tertiary/aromatic N) is 2. The van der Waals surface area contributed by atoms with Crippen LogP contribution in [-0.4, -0.2) is 47.9 Å². The molecule has 3 aromatic rings. The van der Waals surface area contributed by atoms with E-state index in [0.717, 1.165) is 16.7 Å². The number of piperazine rings is 1. The lowest BCUT2D eigenvalue weighted by Gasteiger charge is -2.35. The van der Waals surface area contributed by atoms with Crippen molar-refractivity contribution in [3.8, 4) is 5.75 Å². The normalized spacial score (nSPS) is 14.7. The Labute approximate surface area is 216 Å². The molecule has 194 valence electrons. The van der Waals surface area contributed by atoms with Crippen LogP contribution >= 0.6 is 0 Å². The Morgan fingerprint density at radius 3 is 2.27 bits per heavy atom. The predicted octanol–water partition coefficient (Wildman–Crippen LogP) is 3.78. The van der Waals surface area contributed by atoms with Gasteiger partial charge in [0.1, 0.15) is 18.6 Å². The van der Waals surface area contributed by atoms with Gasteiger partial charge in [0.15, 0.2) is 0 Å². The van der Waals surface area contributed by atoms with Crippen LogP contribution in [-0.2, 0) is 27.5 Å². The van der Waals surface area contributed by atoms with Crippen molar-refractivity contribution < 1.29 is 23.5 Å². The van der Waals surface area contributed by atoms with E-state index in [9.17, 15) is 14.4 Å². The van der Waals surface area contributed by atoms with Crippen molar-refractivity contribution in [2.75, 3.05) is 26.2 Å². The van der Waals surface area contributed by atoms with Crippen LogP contribution in [0.5, 0.6) is 5.75 Å². The molecule has 37 heavy (non-hydrogen) atoms. The zero-order chi connectivity index (χ0) is 26.4. The molecular formula is C29H32N2O6. The lowest BCUT2D eigenvalue weighted by molar-refractivity contribution is -0.160. The molecule has 0 N–H and O–H groups in total. The molecule has 1 atom stereocenters. The Balaban J connectivity index is 1.32. The van der Waals surface area contributed by atoms with Gasteiger partial charge in [0.05, 0.1) is 6.54 Å². The Kier molecular flexibility index (Phi) is 8.40. The van der Waals surface area contributed by atoms with Gasteiger partial charge in [-0.3, -0.25) is 19.3 Å². The number of carbonyl (C=O) groups excluding carboxylic acids is 2. The zero-order valence-corrected chi connectivity index (χ0v) is 21.4. The average molecular weight is 505 g/mol. The van der Waals surface area contributed by atoms with Crippen LogP contribution in [0.4, 0.5) is 0 Å². The summed E-state index contributed by atoms with van der Waals surface area (Å²) in [5, 5.41) is 0. The van der Waals surface area contributed by atoms with Gasteiger partial charge in [0.2, 0.25) is 17.3 Å². The van der Waals surface area contributed by atoms with Gasteiger partial charge in [-0.25, -0.2) is 0 Å². The first-order valence-electron chi connectivity index (χ1n) is 12.3. The van der Waals surface area contributed by atoms with E-state index < -0.39 is 12.1 Å². The third-order valence-corrected chi connectivity index (χ3v) is 6.20. The number of benzene rings is 2. The summed E-state index contributed by atoms with van der Waals surface area (Å²) < 4.78 is 16.7. The summed E-state index contributed by atoms with van der Waals surface area (Å²) in [6.45, 7) is 8.24. The first-order valence-corrected chi connectivity index (χ1v) is 12.3. The number of aryl methyl sites for hydroxylation is 2. The lowest BCUT2D eigenvalue weighted by Crippen LogP contribution is -2.50. The second-order valence-electron chi connectivity index (χ2n) is 9.36. The Morgan fingerprint density at radius 1 is 0.973 bits per heavy atom. The predicted molar refractivity (Wildman–Crippen MR) is 138 cm³/mol. The van der Waals surface area contributed by atoms with E-state index in [1.807, 2.05) is 44.2 Å². The highest BCUT2D eigenvalue weighted by molar-refractivity contribution is 5.84. The van der Waals surface area contributed by atoms with Crippen molar-refractivity contribution in [3.63, 3.8) is 0 Å². The van der Waals surface area contributed by atoms with Crippen molar-refractivity contribution in [1.82, 2.24) is 9.80 Å². The summed E-state index contributed by atoms with van der Waals surface area (Å²) >= 11 is 0. The molecule has 1 aliphatic rings. The maximum absolute atomic E-state index is 13.1. The molecule has 8 heteroatoms. The van der Waals surface area contributed by atoms with Crippen molar-refractivity contribution in [2.24, 2.45) is 0 Å². The van der Waals surface area contributed by atoms with E-state index in [1.54, 1.807) is 17.0 Å². The molecule has 1 fully saturated rings. The van der Waals surface area contributed by atoms with E-state index in [0.29, 0.717) is 50.7 Å². The maximum Gasteiger partial charge on any atom is 0.303 e. The van der Waals surface area contributed by atoms with Crippen LogP contribution in [0.2, 0.25) is 0 Å². The van der Waals surface area contributed by atoms with Crippen LogP contribution in [0.25, 0.3) is 0 Å². The van der Waals surface area contributed by atoms with Gasteiger partial charge in [-0.2, -0.15) is 0 Å². The monoisotopic (exact) mass is 504 g/mol. The smallest absolute Gasteiger partial charge is 0.303 e. The van der Waals surface area contributed by atoms with Crippen molar-refractivity contribution >= 4 is 11.9 Å². The fraction of sp³-hybridized carbons (Fsp3) is 0.345. The second kappa shape index (κ2) is 11.9. The Morgan fingerprint density at radius 2 is 1.65 bits per heavy atom. The summed E-state index contributed by atoms with van der Waals surface area (Å²) in [4.78, 5) is 41.2. The standard InChI is InChI=1S/C29H32N2O6/c1-20-13-21(2)15-23(14-20)18-36-27-19-35-25(16-26(27)33)17-30-9-11-31(12-10-30)29(34)28(37-22(3)32)24-7-5-4-6-8-24/h4-8,13-16,19,28H,9-12,17-18H2,1-3H3/t28-/m1/s1. The molecule has 1 aromatic heterocycles. The van der Waals surface area contributed by atoms with E-state index >= 15 is 0 Å². The molecule has 0 unspecified atom stereocenters. The number of ether oxygens (including phenoxy) is 2. The van der Waals surface area contributed by atoms with Crippen LogP contribution < -0.4 is 10.2 Å². The summed E-state index contributed by atoms with van der Waals surface area (Å²) in [6, 6.07) is 16.6. The highest BCUT2D eigenvalue weighted by Gasteiger charge is 2.31. The van der Waals surface area contributed by atoms with Gasteiger partial charge < -0.3 is 18.8 Å². The second-order valence-corrected chi connectivity index (χ2v) is 9.36. The summed E-state index contributed by atoms with van der Waals surface area (Å²) in [5.41, 5.74) is 3.70. The minimum Gasteiger partial charge on any atom is -0.482 e. The highest BCUT2D eigenvalue weighted by atomic mass is 16.5. The van der Waals surface area contributed by atoms with Crippen LogP contribution in [0.3, 0.4) is 0 Å². The minimum atomic E-state index is -0.959. The number of hydrogen-bond acceptors (Lipinski definition) is 7. The topological polar surface area (TPSA) is 89.3 Å². The van der Waals surface area contributed by atoms with Crippen molar-refractivity contribution in [1.29, 1.82) is 0 Å². The van der Waals surface area contributed by atoms with E-state index in [4.69, 9.17) is 13.9 Å². The first kappa shape index (κ1) is 26.2. The van der Waals surface area contributed by atoms with Gasteiger partial charge in [-0.1, -0.05) is 59.7 Å². The first-order chi connectivity index (χ1) is 17.8. The number of rotatable bonds is 8. The van der Waals surface area contributed by atoms with Crippen molar-refractivity contribution in [3.05, 3.63) is 99.1 Å². The fourth-order valence-corrected chi connectivity index (χ4v) is 4.51. The lowest BCUT2D eigenvalue weighted by atomic mass is 10.1. The third kappa shape index (κ3) is 7.07. The molecule has 2 heterocycles. The van der Waals surface area contributed by atoms with Gasteiger partial charge in [0, 0.05) is 44.7 Å². The van der Waals surface area contributed by atoms with E-state index in [1.165, 1.54) is 19.3 Å². The van der Waals surface area contributed by atoms with Crippen molar-refractivity contribution in [2.45, 2.75) is 40.0 Å². The molecule has 4 rings (SSSR count). The molecule has 1 saturated heterocycles. The summed E-state index contributed by atoms with van der Waals surface area (Å²) in [6.07, 6.45) is 0.406.